The van der Waals surface area contributed by atoms with Crippen LogP contribution in [-0.4, -0.2) is 60.1 Å². The van der Waals surface area contributed by atoms with Gasteiger partial charge in [-0.3, -0.25) is 4.52 Å². The molecule has 1 unspecified atom stereocenters. The summed E-state index contributed by atoms with van der Waals surface area (Å²) in [5.41, 5.74) is 5.43. The molecular weight excluding hydrogens is 755 g/mol. The Kier molecular flexibility index (Phi) is 14.0. The summed E-state index contributed by atoms with van der Waals surface area (Å²) in [4.78, 5) is 19.6. The van der Waals surface area contributed by atoms with Crippen LogP contribution in [0.2, 0.25) is 5.02 Å². The molecule has 5 aromatic rings. The highest BCUT2D eigenvalue weighted by molar-refractivity contribution is 7.46. The Balaban J connectivity index is 1.22. The van der Waals surface area contributed by atoms with Crippen molar-refractivity contribution in [2.75, 3.05) is 19.8 Å². The first-order chi connectivity index (χ1) is 27.3. The van der Waals surface area contributed by atoms with Crippen LogP contribution in [0.25, 0.3) is 0 Å². The predicted octanol–water partition coefficient (Wildman–Crippen LogP) is 8.40. The molecule has 56 heavy (non-hydrogen) atoms. The number of halogens is 1. The predicted molar refractivity (Wildman–Crippen MR) is 211 cm³/mol. The van der Waals surface area contributed by atoms with Crippen molar-refractivity contribution in [2.24, 2.45) is 0 Å². The van der Waals surface area contributed by atoms with E-state index < -0.39 is 44.9 Å². The highest BCUT2D eigenvalue weighted by Gasteiger charge is 2.49. The van der Waals surface area contributed by atoms with Crippen LogP contribution in [0.4, 0.5) is 0 Å². The van der Waals surface area contributed by atoms with Crippen molar-refractivity contribution < 1.29 is 47.3 Å². The molecule has 5 aromatic carbocycles. The number of benzene rings is 5. The fourth-order valence-electron chi connectivity index (χ4n) is 6.97. The molecule has 2 heterocycles. The lowest BCUT2D eigenvalue weighted by atomic mass is 9.89. The zero-order valence-corrected chi connectivity index (χ0v) is 32.5. The summed E-state index contributed by atoms with van der Waals surface area (Å²) in [6, 6.07) is 42.9. The second-order valence-electron chi connectivity index (χ2n) is 13.9. The van der Waals surface area contributed by atoms with Gasteiger partial charge >= 0.3 is 7.82 Å². The Bertz CT molecular complexity index is 1990. The van der Waals surface area contributed by atoms with Gasteiger partial charge in [0, 0.05) is 11.4 Å². The SMILES string of the molecule is O=P(O)(O)OC[C@H]1O[C@@H](c2ccc(Cl)c(Cc3ccc(OC4CCOC4)cc3)c2)[C@H](OCc2ccccc2)[C@@H](OCc2ccccc2)[C@@H]1OCc1ccccc1. The highest BCUT2D eigenvalue weighted by Crippen LogP contribution is 2.42. The molecule has 2 saturated heterocycles. The summed E-state index contributed by atoms with van der Waals surface area (Å²) in [5, 5.41) is 0.581. The van der Waals surface area contributed by atoms with Crippen molar-refractivity contribution in [1.82, 2.24) is 0 Å². The van der Waals surface area contributed by atoms with Crippen molar-refractivity contribution in [2.45, 2.75) is 69.3 Å². The largest absolute Gasteiger partial charge is 0.488 e. The third kappa shape index (κ3) is 11.4. The summed E-state index contributed by atoms with van der Waals surface area (Å²) in [7, 11) is -4.88. The molecule has 2 fully saturated rings. The van der Waals surface area contributed by atoms with Gasteiger partial charge in [-0.2, -0.15) is 0 Å². The van der Waals surface area contributed by atoms with Gasteiger partial charge in [0.05, 0.1) is 39.6 Å². The van der Waals surface area contributed by atoms with Crippen LogP contribution in [-0.2, 0) is 59.0 Å². The zero-order chi connectivity index (χ0) is 38.7. The number of phosphoric acid groups is 1. The number of hydrogen-bond acceptors (Lipinski definition) is 8. The van der Waals surface area contributed by atoms with Gasteiger partial charge in [-0.1, -0.05) is 127 Å². The average Bonchev–Trinajstić information content (AvgIpc) is 3.73. The van der Waals surface area contributed by atoms with E-state index in [2.05, 4.69) is 0 Å². The lowest BCUT2D eigenvalue weighted by Crippen LogP contribution is -2.58. The van der Waals surface area contributed by atoms with Crippen LogP contribution in [0.15, 0.2) is 133 Å². The molecule has 294 valence electrons. The second-order valence-corrected chi connectivity index (χ2v) is 15.6. The van der Waals surface area contributed by atoms with E-state index in [1.54, 1.807) is 0 Å². The topological polar surface area (TPSA) is 122 Å². The fourth-order valence-corrected chi connectivity index (χ4v) is 7.50. The number of phosphoric ester groups is 1. The first kappa shape index (κ1) is 40.3. The van der Waals surface area contributed by atoms with Crippen LogP contribution in [0.1, 0.15) is 45.9 Å². The molecule has 0 spiro atoms. The van der Waals surface area contributed by atoms with E-state index in [-0.39, 0.29) is 25.9 Å². The summed E-state index contributed by atoms with van der Waals surface area (Å²) in [6.07, 6.45) is -2.66. The van der Waals surface area contributed by atoms with E-state index in [0.29, 0.717) is 24.7 Å². The van der Waals surface area contributed by atoms with E-state index in [1.807, 2.05) is 133 Å². The highest BCUT2D eigenvalue weighted by atomic mass is 35.5. The Labute approximate surface area is 332 Å². The monoisotopic (exact) mass is 800 g/mol. The number of hydrogen-bond donors (Lipinski definition) is 2. The van der Waals surface area contributed by atoms with Crippen LogP contribution in [0.5, 0.6) is 5.75 Å². The molecule has 7 rings (SSSR count). The fraction of sp³-hybridized carbons (Fsp3) is 0.318. The van der Waals surface area contributed by atoms with E-state index in [1.165, 1.54) is 0 Å². The minimum atomic E-state index is -4.88. The van der Waals surface area contributed by atoms with Crippen LogP contribution in [0.3, 0.4) is 0 Å². The molecule has 2 N–H and O–H groups in total. The maximum absolute atomic E-state index is 12.1. The van der Waals surface area contributed by atoms with E-state index in [4.69, 9.17) is 44.5 Å². The molecule has 12 heteroatoms. The minimum Gasteiger partial charge on any atom is -0.488 e. The molecule has 0 amide bonds. The molecule has 2 aliphatic rings. The lowest BCUT2D eigenvalue weighted by molar-refractivity contribution is -0.271. The Morgan fingerprint density at radius 3 is 1.80 bits per heavy atom. The van der Waals surface area contributed by atoms with Crippen molar-refractivity contribution in [3.63, 3.8) is 0 Å². The first-order valence-corrected chi connectivity index (χ1v) is 20.6. The normalized spacial score (nSPS) is 22.6. The molecule has 0 aliphatic carbocycles. The first-order valence-electron chi connectivity index (χ1n) is 18.7. The van der Waals surface area contributed by atoms with E-state index >= 15 is 0 Å². The molecule has 0 saturated carbocycles. The summed E-state index contributed by atoms with van der Waals surface area (Å²) in [5.74, 6) is 0.784. The van der Waals surface area contributed by atoms with Gasteiger partial charge in [-0.05, 0) is 58.0 Å². The van der Waals surface area contributed by atoms with Crippen molar-refractivity contribution in [3.8, 4) is 5.75 Å². The Morgan fingerprint density at radius 1 is 0.679 bits per heavy atom. The summed E-state index contributed by atoms with van der Waals surface area (Å²) in [6.45, 7) is 1.49. The third-order valence-corrected chi connectivity index (χ3v) is 10.7. The van der Waals surface area contributed by atoms with Crippen LogP contribution < -0.4 is 4.74 Å². The molecular formula is C44H46ClO10P. The standard InChI is InChI=1S/C44H46ClO10P/c45-39-21-18-35(25-36(39)24-31-16-19-37(20-17-31)54-38-22-23-49-29-38)41-43(51-27-33-12-6-2-7-13-33)44(52-28-34-14-8-3-9-15-34)42(40(55-41)30-53-56(46,47)48)50-26-32-10-4-1-5-11-32/h1-21,25,38,40-44H,22-24,26-30H2,(H2,46,47,48)/t38?,40-,41+,42-,43+,44+/m1/s1. The quantitative estimate of drug-likeness (QED) is 0.0887. The maximum Gasteiger partial charge on any atom is 0.469 e. The van der Waals surface area contributed by atoms with Gasteiger partial charge in [0.1, 0.15) is 42.4 Å². The van der Waals surface area contributed by atoms with Gasteiger partial charge < -0.3 is 38.2 Å². The molecule has 0 bridgehead atoms. The number of ether oxygens (including phenoxy) is 6. The van der Waals surface area contributed by atoms with Gasteiger partial charge in [-0.15, -0.1) is 0 Å². The molecule has 6 atom stereocenters. The summed E-state index contributed by atoms with van der Waals surface area (Å²) >= 11 is 6.84. The van der Waals surface area contributed by atoms with Crippen LogP contribution in [0, 0.1) is 0 Å². The van der Waals surface area contributed by atoms with Gasteiger partial charge in [0.2, 0.25) is 0 Å². The molecule has 0 aromatic heterocycles. The maximum atomic E-state index is 12.1. The van der Waals surface area contributed by atoms with Gasteiger partial charge in [0.25, 0.3) is 0 Å². The van der Waals surface area contributed by atoms with Crippen molar-refractivity contribution in [3.05, 3.63) is 172 Å². The van der Waals surface area contributed by atoms with Crippen molar-refractivity contribution >= 4 is 19.4 Å². The van der Waals surface area contributed by atoms with Gasteiger partial charge in [-0.25, -0.2) is 4.57 Å². The zero-order valence-electron chi connectivity index (χ0n) is 30.8. The average molecular weight is 801 g/mol. The number of rotatable bonds is 17. The second kappa shape index (κ2) is 19.5. The minimum absolute atomic E-state index is 0.0549. The van der Waals surface area contributed by atoms with Gasteiger partial charge in [0.15, 0.2) is 0 Å². The Hall–Kier alpha value is -3.90. The van der Waals surface area contributed by atoms with E-state index in [9.17, 15) is 14.4 Å². The molecule has 10 nitrogen and oxygen atoms in total. The lowest BCUT2D eigenvalue weighted by Gasteiger charge is -2.46. The van der Waals surface area contributed by atoms with Crippen LogP contribution >= 0.6 is 19.4 Å². The summed E-state index contributed by atoms with van der Waals surface area (Å²) < 4.78 is 55.7. The van der Waals surface area contributed by atoms with Crippen molar-refractivity contribution in [1.29, 1.82) is 0 Å². The Morgan fingerprint density at radius 2 is 1.25 bits per heavy atom. The smallest absolute Gasteiger partial charge is 0.469 e. The molecule has 0 radical (unpaired) electrons. The van der Waals surface area contributed by atoms with E-state index in [0.717, 1.165) is 45.6 Å². The molecule has 2 aliphatic heterocycles. The third-order valence-electron chi connectivity index (χ3n) is 9.80.